The average Bonchev–Trinajstić information content (AvgIpc) is 2.21. The predicted molar refractivity (Wildman–Crippen MR) is 64.1 cm³/mol. The van der Waals surface area contributed by atoms with Crippen LogP contribution in [-0.4, -0.2) is 11.5 Å². The van der Waals surface area contributed by atoms with Gasteiger partial charge in [-0.25, -0.2) is 4.98 Å². The summed E-state index contributed by atoms with van der Waals surface area (Å²) in [6, 6.07) is 5.77. The third-order valence-corrected chi connectivity index (χ3v) is 3.17. The molecule has 0 atom stereocenters. The van der Waals surface area contributed by atoms with E-state index in [4.69, 9.17) is 5.26 Å². The van der Waals surface area contributed by atoms with Crippen LogP contribution in [0.15, 0.2) is 12.1 Å². The van der Waals surface area contributed by atoms with Gasteiger partial charge in [0.25, 0.3) is 0 Å². The van der Waals surface area contributed by atoms with Crippen molar-refractivity contribution in [3.05, 3.63) is 23.4 Å². The number of aromatic nitrogens is 1. The van der Waals surface area contributed by atoms with Gasteiger partial charge in [-0.3, -0.25) is 0 Å². The molecule has 0 spiro atoms. The standard InChI is InChI=1S/C13H17N3/c1-10-7-12(9-14)8-13(16-10)15-6-5-11-3-2-4-11/h7-8,11H,2-6H2,1H3,(H,15,16). The molecule has 1 aromatic heterocycles. The van der Waals surface area contributed by atoms with Crippen molar-refractivity contribution in [1.82, 2.24) is 4.98 Å². The van der Waals surface area contributed by atoms with E-state index in [1.54, 1.807) is 6.07 Å². The van der Waals surface area contributed by atoms with Gasteiger partial charge in [-0.2, -0.15) is 5.26 Å². The highest BCUT2D eigenvalue weighted by Gasteiger charge is 2.16. The van der Waals surface area contributed by atoms with E-state index in [-0.39, 0.29) is 0 Å². The van der Waals surface area contributed by atoms with E-state index in [1.165, 1.54) is 25.7 Å². The molecule has 84 valence electrons. The van der Waals surface area contributed by atoms with Crippen LogP contribution >= 0.6 is 0 Å². The number of hydrogen-bond acceptors (Lipinski definition) is 3. The van der Waals surface area contributed by atoms with E-state index in [2.05, 4.69) is 16.4 Å². The first-order chi connectivity index (χ1) is 7.78. The minimum absolute atomic E-state index is 0.679. The fourth-order valence-electron chi connectivity index (χ4n) is 2.01. The first-order valence-electron chi connectivity index (χ1n) is 5.90. The van der Waals surface area contributed by atoms with Crippen LogP contribution < -0.4 is 5.32 Å². The van der Waals surface area contributed by atoms with E-state index in [0.29, 0.717) is 5.56 Å². The van der Waals surface area contributed by atoms with E-state index >= 15 is 0 Å². The molecule has 0 radical (unpaired) electrons. The molecule has 1 heterocycles. The molecule has 0 aliphatic heterocycles. The lowest BCUT2D eigenvalue weighted by atomic mass is 9.83. The number of aryl methyl sites for hydroxylation is 1. The van der Waals surface area contributed by atoms with Crippen molar-refractivity contribution >= 4 is 5.82 Å². The molecule has 3 heteroatoms. The van der Waals surface area contributed by atoms with E-state index in [1.807, 2.05) is 13.0 Å². The Labute approximate surface area is 96.5 Å². The fraction of sp³-hybridized carbons (Fsp3) is 0.538. The lowest BCUT2D eigenvalue weighted by Gasteiger charge is -2.25. The van der Waals surface area contributed by atoms with Gasteiger partial charge in [-0.15, -0.1) is 0 Å². The van der Waals surface area contributed by atoms with Gasteiger partial charge in [0.05, 0.1) is 11.6 Å². The summed E-state index contributed by atoms with van der Waals surface area (Å²) in [6.45, 7) is 2.88. The Morgan fingerprint density at radius 3 is 2.94 bits per heavy atom. The maximum Gasteiger partial charge on any atom is 0.127 e. The zero-order valence-corrected chi connectivity index (χ0v) is 9.66. The largest absolute Gasteiger partial charge is 0.370 e. The topological polar surface area (TPSA) is 48.7 Å². The summed E-state index contributed by atoms with van der Waals surface area (Å²) < 4.78 is 0. The van der Waals surface area contributed by atoms with E-state index in [0.717, 1.165) is 24.0 Å². The first kappa shape index (κ1) is 10.9. The Bertz CT molecular complexity index is 402. The lowest BCUT2D eigenvalue weighted by Crippen LogP contribution is -2.16. The highest BCUT2D eigenvalue weighted by atomic mass is 15.0. The zero-order chi connectivity index (χ0) is 11.4. The second-order valence-corrected chi connectivity index (χ2v) is 4.51. The molecular weight excluding hydrogens is 198 g/mol. The zero-order valence-electron chi connectivity index (χ0n) is 9.66. The average molecular weight is 215 g/mol. The van der Waals surface area contributed by atoms with Crippen molar-refractivity contribution < 1.29 is 0 Å². The molecule has 1 saturated carbocycles. The quantitative estimate of drug-likeness (QED) is 0.840. The van der Waals surface area contributed by atoms with Gasteiger partial charge in [0, 0.05) is 12.2 Å². The van der Waals surface area contributed by atoms with Crippen molar-refractivity contribution in [1.29, 1.82) is 5.26 Å². The minimum atomic E-state index is 0.679. The maximum atomic E-state index is 8.84. The molecule has 3 nitrogen and oxygen atoms in total. The number of nitrogens with one attached hydrogen (secondary N) is 1. The second-order valence-electron chi connectivity index (χ2n) is 4.51. The molecule has 1 aromatic rings. The third-order valence-electron chi connectivity index (χ3n) is 3.17. The van der Waals surface area contributed by atoms with E-state index < -0.39 is 0 Å². The SMILES string of the molecule is Cc1cc(C#N)cc(NCCC2CCC2)n1. The van der Waals surface area contributed by atoms with Gasteiger partial charge in [-0.05, 0) is 31.4 Å². The monoisotopic (exact) mass is 215 g/mol. The predicted octanol–water partition coefficient (Wildman–Crippen LogP) is 2.86. The lowest BCUT2D eigenvalue weighted by molar-refractivity contribution is 0.303. The molecule has 1 aliphatic carbocycles. The molecule has 0 bridgehead atoms. The summed E-state index contributed by atoms with van der Waals surface area (Å²) in [5.41, 5.74) is 1.57. The van der Waals surface area contributed by atoms with Gasteiger partial charge in [-0.1, -0.05) is 19.3 Å². The van der Waals surface area contributed by atoms with Crippen LogP contribution in [0.5, 0.6) is 0 Å². The van der Waals surface area contributed by atoms with E-state index in [9.17, 15) is 0 Å². The number of hydrogen-bond donors (Lipinski definition) is 1. The normalized spacial score (nSPS) is 15.2. The van der Waals surface area contributed by atoms with Crippen LogP contribution in [0.4, 0.5) is 5.82 Å². The summed E-state index contributed by atoms with van der Waals surface area (Å²) in [7, 11) is 0. The van der Waals surface area contributed by atoms with Crippen LogP contribution in [0.1, 0.15) is 36.9 Å². The van der Waals surface area contributed by atoms with Gasteiger partial charge >= 0.3 is 0 Å². The van der Waals surface area contributed by atoms with Crippen LogP contribution in [0.25, 0.3) is 0 Å². The summed E-state index contributed by atoms with van der Waals surface area (Å²) in [6.07, 6.45) is 5.38. The fourth-order valence-corrected chi connectivity index (χ4v) is 2.01. The second kappa shape index (κ2) is 4.98. The van der Waals surface area contributed by atoms with Crippen LogP contribution in [0.2, 0.25) is 0 Å². The first-order valence-corrected chi connectivity index (χ1v) is 5.90. The Kier molecular flexibility index (Phi) is 3.40. The number of pyridine rings is 1. The van der Waals surface area contributed by atoms with Crippen molar-refractivity contribution in [2.45, 2.75) is 32.6 Å². The minimum Gasteiger partial charge on any atom is -0.370 e. The highest BCUT2D eigenvalue weighted by molar-refractivity contribution is 5.44. The van der Waals surface area contributed by atoms with Crippen molar-refractivity contribution in [3.8, 4) is 6.07 Å². The summed E-state index contributed by atoms with van der Waals surface area (Å²) in [4.78, 5) is 4.36. The number of nitrogens with zero attached hydrogens (tertiary/aromatic N) is 2. The Balaban J connectivity index is 1.88. The molecular formula is C13H17N3. The molecule has 2 rings (SSSR count). The van der Waals surface area contributed by atoms with Crippen molar-refractivity contribution in [2.75, 3.05) is 11.9 Å². The molecule has 0 aromatic carbocycles. The molecule has 1 fully saturated rings. The van der Waals surface area contributed by atoms with Gasteiger partial charge in [0.15, 0.2) is 0 Å². The molecule has 0 amide bonds. The van der Waals surface area contributed by atoms with Crippen LogP contribution in [-0.2, 0) is 0 Å². The molecule has 0 saturated heterocycles. The Morgan fingerprint density at radius 2 is 2.31 bits per heavy atom. The molecule has 0 unspecified atom stereocenters. The maximum absolute atomic E-state index is 8.84. The van der Waals surface area contributed by atoms with Crippen LogP contribution in [0, 0.1) is 24.2 Å². The van der Waals surface area contributed by atoms with Crippen LogP contribution in [0.3, 0.4) is 0 Å². The van der Waals surface area contributed by atoms with Crippen molar-refractivity contribution in [3.63, 3.8) is 0 Å². The Hall–Kier alpha value is -1.56. The molecule has 1 N–H and O–H groups in total. The smallest absolute Gasteiger partial charge is 0.127 e. The van der Waals surface area contributed by atoms with Gasteiger partial charge in [0.1, 0.15) is 5.82 Å². The van der Waals surface area contributed by atoms with Crippen molar-refractivity contribution in [2.24, 2.45) is 5.92 Å². The van der Waals surface area contributed by atoms with Gasteiger partial charge < -0.3 is 5.32 Å². The molecule has 1 aliphatic rings. The summed E-state index contributed by atoms with van der Waals surface area (Å²) >= 11 is 0. The number of nitriles is 1. The number of rotatable bonds is 4. The summed E-state index contributed by atoms with van der Waals surface area (Å²) in [5, 5.41) is 12.1. The summed E-state index contributed by atoms with van der Waals surface area (Å²) in [5.74, 6) is 1.74. The Morgan fingerprint density at radius 1 is 1.50 bits per heavy atom. The molecule has 16 heavy (non-hydrogen) atoms. The third kappa shape index (κ3) is 2.73. The highest BCUT2D eigenvalue weighted by Crippen LogP contribution is 2.29. The van der Waals surface area contributed by atoms with Gasteiger partial charge in [0.2, 0.25) is 0 Å². The number of anilines is 1.